The van der Waals surface area contributed by atoms with Gasteiger partial charge in [0.15, 0.2) is 0 Å². The van der Waals surface area contributed by atoms with E-state index in [0.717, 1.165) is 18.0 Å². The number of anilines is 1. The highest BCUT2D eigenvalue weighted by Crippen LogP contribution is 2.24. The molecule has 0 aliphatic carbocycles. The maximum Gasteiger partial charge on any atom is 0.280 e. The Kier molecular flexibility index (Phi) is 5.05. The highest BCUT2D eigenvalue weighted by molar-refractivity contribution is 6.20. The molecular weight excluding hydrogens is 368 g/mol. The molecule has 2 aromatic rings. The lowest BCUT2D eigenvalue weighted by Crippen LogP contribution is -2.49. The molecule has 150 valence electrons. The summed E-state index contributed by atoms with van der Waals surface area (Å²) in [6.07, 6.45) is 1.63. The molecule has 1 aromatic carbocycles. The fourth-order valence-corrected chi connectivity index (χ4v) is 3.96. The third-order valence-electron chi connectivity index (χ3n) is 5.83. The first kappa shape index (κ1) is 19.1. The van der Waals surface area contributed by atoms with E-state index in [2.05, 4.69) is 41.9 Å². The van der Waals surface area contributed by atoms with Gasteiger partial charge in [0.25, 0.3) is 11.8 Å². The summed E-state index contributed by atoms with van der Waals surface area (Å²) >= 11 is 0. The molecule has 4 rings (SSSR count). The lowest BCUT2D eigenvalue weighted by Gasteiger charge is -2.37. The number of rotatable bonds is 4. The molecule has 2 aliphatic heterocycles. The monoisotopic (exact) mass is 392 g/mol. The standard InChI is InChI=1S/C22H24N4O3/c1-15-5-3-7-18(16(15)2)24-11-13-25(14-12-24)19(27)8-10-26-21(28)17-6-4-9-23-20(17)22(26)29/h3-7,9H,8,10-14H2,1-2H3. The molecule has 0 spiro atoms. The summed E-state index contributed by atoms with van der Waals surface area (Å²) in [5.41, 5.74) is 4.23. The van der Waals surface area contributed by atoms with Crippen LogP contribution in [0, 0.1) is 13.8 Å². The van der Waals surface area contributed by atoms with Crippen molar-refractivity contribution in [2.45, 2.75) is 20.3 Å². The molecule has 29 heavy (non-hydrogen) atoms. The molecule has 1 aromatic heterocycles. The van der Waals surface area contributed by atoms with Crippen LogP contribution in [0.25, 0.3) is 0 Å². The van der Waals surface area contributed by atoms with Gasteiger partial charge in [0, 0.05) is 51.0 Å². The number of fused-ring (bicyclic) bond motifs is 1. The molecule has 1 fully saturated rings. The average molecular weight is 392 g/mol. The number of imide groups is 1. The van der Waals surface area contributed by atoms with Crippen molar-refractivity contribution in [1.29, 1.82) is 0 Å². The van der Waals surface area contributed by atoms with E-state index in [1.807, 2.05) is 4.90 Å². The Balaban J connectivity index is 1.32. The van der Waals surface area contributed by atoms with E-state index in [0.29, 0.717) is 18.7 Å². The van der Waals surface area contributed by atoms with Crippen LogP contribution in [0.15, 0.2) is 36.5 Å². The van der Waals surface area contributed by atoms with Crippen LogP contribution in [0.5, 0.6) is 0 Å². The average Bonchev–Trinajstić information content (AvgIpc) is 2.99. The largest absolute Gasteiger partial charge is 0.368 e. The highest BCUT2D eigenvalue weighted by atomic mass is 16.2. The summed E-state index contributed by atoms with van der Waals surface area (Å²) in [5, 5.41) is 0. The summed E-state index contributed by atoms with van der Waals surface area (Å²) in [6.45, 7) is 7.13. The Morgan fingerprint density at radius 1 is 1.00 bits per heavy atom. The van der Waals surface area contributed by atoms with Gasteiger partial charge >= 0.3 is 0 Å². The smallest absolute Gasteiger partial charge is 0.280 e. The number of hydrogen-bond acceptors (Lipinski definition) is 5. The second-order valence-corrected chi connectivity index (χ2v) is 7.50. The van der Waals surface area contributed by atoms with E-state index in [4.69, 9.17) is 0 Å². The highest BCUT2D eigenvalue weighted by Gasteiger charge is 2.36. The first-order valence-corrected chi connectivity index (χ1v) is 9.87. The minimum Gasteiger partial charge on any atom is -0.368 e. The number of aryl methyl sites for hydroxylation is 1. The van der Waals surface area contributed by atoms with Crippen LogP contribution in [-0.2, 0) is 4.79 Å². The maximum atomic E-state index is 12.6. The Morgan fingerprint density at radius 2 is 1.76 bits per heavy atom. The van der Waals surface area contributed by atoms with Crippen molar-refractivity contribution in [3.05, 3.63) is 58.9 Å². The topological polar surface area (TPSA) is 73.8 Å². The number of hydrogen-bond donors (Lipinski definition) is 0. The Hall–Kier alpha value is -3.22. The zero-order chi connectivity index (χ0) is 20.5. The third kappa shape index (κ3) is 3.48. The van der Waals surface area contributed by atoms with Gasteiger partial charge in [0.05, 0.1) is 5.56 Å². The van der Waals surface area contributed by atoms with Crippen molar-refractivity contribution < 1.29 is 14.4 Å². The molecule has 0 radical (unpaired) electrons. The molecule has 0 saturated carbocycles. The van der Waals surface area contributed by atoms with E-state index >= 15 is 0 Å². The van der Waals surface area contributed by atoms with Gasteiger partial charge < -0.3 is 9.80 Å². The molecule has 2 aliphatic rings. The van der Waals surface area contributed by atoms with Crippen LogP contribution in [0.2, 0.25) is 0 Å². The normalized spacial score (nSPS) is 16.4. The van der Waals surface area contributed by atoms with E-state index in [1.54, 1.807) is 12.1 Å². The zero-order valence-electron chi connectivity index (χ0n) is 16.7. The fraction of sp³-hybridized carbons (Fsp3) is 0.364. The summed E-state index contributed by atoms with van der Waals surface area (Å²) in [6, 6.07) is 9.51. The molecule has 0 bridgehead atoms. The number of piperazine rings is 1. The SMILES string of the molecule is Cc1cccc(N2CCN(C(=O)CCN3C(=O)c4cccnc4C3=O)CC2)c1C. The van der Waals surface area contributed by atoms with Gasteiger partial charge in [-0.25, -0.2) is 0 Å². The first-order valence-electron chi connectivity index (χ1n) is 9.87. The lowest BCUT2D eigenvalue weighted by atomic mass is 10.1. The van der Waals surface area contributed by atoms with Crippen LogP contribution in [-0.4, -0.2) is 65.2 Å². The fourth-order valence-electron chi connectivity index (χ4n) is 3.96. The van der Waals surface area contributed by atoms with Crippen LogP contribution in [0.3, 0.4) is 0 Å². The minimum atomic E-state index is -0.418. The van der Waals surface area contributed by atoms with Crippen molar-refractivity contribution in [3.8, 4) is 0 Å². The molecule has 3 amide bonds. The van der Waals surface area contributed by atoms with Crippen molar-refractivity contribution >= 4 is 23.4 Å². The summed E-state index contributed by atoms with van der Waals surface area (Å²) in [7, 11) is 0. The number of carbonyl (C=O) groups is 3. The number of aromatic nitrogens is 1. The van der Waals surface area contributed by atoms with E-state index in [-0.39, 0.29) is 30.5 Å². The maximum absolute atomic E-state index is 12.6. The number of benzene rings is 1. The molecule has 1 saturated heterocycles. The van der Waals surface area contributed by atoms with Crippen LogP contribution in [0.4, 0.5) is 5.69 Å². The van der Waals surface area contributed by atoms with Crippen LogP contribution >= 0.6 is 0 Å². The number of carbonyl (C=O) groups excluding carboxylic acids is 3. The summed E-state index contributed by atoms with van der Waals surface area (Å²) in [5.74, 6) is -0.820. The van der Waals surface area contributed by atoms with Gasteiger partial charge in [0.2, 0.25) is 5.91 Å². The molecule has 0 unspecified atom stereocenters. The van der Waals surface area contributed by atoms with Gasteiger partial charge in [-0.15, -0.1) is 0 Å². The Bertz CT molecular complexity index is 945. The van der Waals surface area contributed by atoms with Crippen molar-refractivity contribution in [1.82, 2.24) is 14.8 Å². The molecular formula is C22H24N4O3. The van der Waals surface area contributed by atoms with E-state index in [9.17, 15) is 14.4 Å². The van der Waals surface area contributed by atoms with Gasteiger partial charge in [-0.3, -0.25) is 24.3 Å². The predicted molar refractivity (Wildman–Crippen MR) is 109 cm³/mol. The number of amides is 3. The van der Waals surface area contributed by atoms with Crippen LogP contribution < -0.4 is 4.90 Å². The van der Waals surface area contributed by atoms with E-state index in [1.165, 1.54) is 23.0 Å². The minimum absolute atomic E-state index is 0.0323. The number of nitrogens with zero attached hydrogens (tertiary/aromatic N) is 4. The summed E-state index contributed by atoms with van der Waals surface area (Å²) < 4.78 is 0. The van der Waals surface area contributed by atoms with Crippen LogP contribution in [0.1, 0.15) is 38.4 Å². The second-order valence-electron chi connectivity index (χ2n) is 7.50. The second kappa shape index (κ2) is 7.66. The molecule has 7 heteroatoms. The Morgan fingerprint density at radius 3 is 2.48 bits per heavy atom. The van der Waals surface area contributed by atoms with Gasteiger partial charge in [0.1, 0.15) is 5.69 Å². The van der Waals surface area contributed by atoms with Crippen molar-refractivity contribution in [3.63, 3.8) is 0 Å². The van der Waals surface area contributed by atoms with Crippen molar-refractivity contribution in [2.24, 2.45) is 0 Å². The molecule has 0 atom stereocenters. The molecule has 0 N–H and O–H groups in total. The van der Waals surface area contributed by atoms with Gasteiger partial charge in [-0.05, 0) is 43.2 Å². The predicted octanol–water partition coefficient (Wildman–Crippen LogP) is 2.03. The molecule has 7 nitrogen and oxygen atoms in total. The molecule has 3 heterocycles. The number of pyridine rings is 1. The summed E-state index contributed by atoms with van der Waals surface area (Å²) in [4.78, 5) is 46.7. The van der Waals surface area contributed by atoms with Crippen molar-refractivity contribution in [2.75, 3.05) is 37.6 Å². The first-order chi connectivity index (χ1) is 14.0. The van der Waals surface area contributed by atoms with Gasteiger partial charge in [-0.1, -0.05) is 12.1 Å². The van der Waals surface area contributed by atoms with E-state index < -0.39 is 5.91 Å². The lowest BCUT2D eigenvalue weighted by molar-refractivity contribution is -0.131. The third-order valence-corrected chi connectivity index (χ3v) is 5.83. The van der Waals surface area contributed by atoms with Gasteiger partial charge in [-0.2, -0.15) is 0 Å². The zero-order valence-corrected chi connectivity index (χ0v) is 16.7. The Labute approximate surface area is 169 Å². The quantitative estimate of drug-likeness (QED) is 0.745.